The molecule has 20 heavy (non-hydrogen) atoms. The van der Waals surface area contributed by atoms with Gasteiger partial charge < -0.3 is 10.4 Å². The van der Waals surface area contributed by atoms with Crippen molar-refractivity contribution < 1.29 is 9.90 Å². The van der Waals surface area contributed by atoms with Crippen LogP contribution in [0.1, 0.15) is 13.3 Å². The predicted octanol–water partition coefficient (Wildman–Crippen LogP) is 4.44. The van der Waals surface area contributed by atoms with Crippen molar-refractivity contribution in [3.63, 3.8) is 0 Å². The van der Waals surface area contributed by atoms with E-state index in [1.807, 2.05) is 37.3 Å². The van der Waals surface area contributed by atoms with Crippen LogP contribution < -0.4 is 5.32 Å². The fourth-order valence-electron chi connectivity index (χ4n) is 2.08. The van der Waals surface area contributed by atoms with Gasteiger partial charge in [-0.05, 0) is 23.9 Å². The molecule has 0 saturated carbocycles. The van der Waals surface area contributed by atoms with E-state index in [-0.39, 0.29) is 0 Å². The second-order valence-corrected chi connectivity index (χ2v) is 5.26. The molecule has 0 spiro atoms. The third-order valence-electron chi connectivity index (χ3n) is 3.17. The summed E-state index contributed by atoms with van der Waals surface area (Å²) < 4.78 is 1.05. The molecule has 0 aliphatic rings. The molecule has 4 heteroatoms. The van der Waals surface area contributed by atoms with Gasteiger partial charge in [0.1, 0.15) is 0 Å². The maximum atomic E-state index is 10.9. The largest absolute Gasteiger partial charge is 0.478 e. The Morgan fingerprint density at radius 1 is 1.25 bits per heavy atom. The predicted molar refractivity (Wildman–Crippen MR) is 86.1 cm³/mol. The molecule has 0 fully saturated rings. The van der Waals surface area contributed by atoms with Gasteiger partial charge >= 0.3 is 5.97 Å². The molecule has 2 rings (SSSR count). The number of halogens is 1. The van der Waals surface area contributed by atoms with Crippen molar-refractivity contribution in [2.75, 3.05) is 11.9 Å². The molecule has 3 nitrogen and oxygen atoms in total. The number of hydrogen-bond donors (Lipinski definition) is 2. The molecular weight excluding hydrogens is 318 g/mol. The number of carbonyl (C=O) groups is 1. The lowest BCUT2D eigenvalue weighted by molar-refractivity contribution is -0.132. The minimum Gasteiger partial charge on any atom is -0.478 e. The average Bonchev–Trinajstić information content (AvgIpc) is 2.45. The van der Waals surface area contributed by atoms with E-state index in [2.05, 4.69) is 27.3 Å². The molecule has 0 heterocycles. The van der Waals surface area contributed by atoms with Crippen molar-refractivity contribution in [1.29, 1.82) is 0 Å². The molecule has 0 amide bonds. The molecule has 0 atom stereocenters. The van der Waals surface area contributed by atoms with Gasteiger partial charge in [-0.3, -0.25) is 0 Å². The van der Waals surface area contributed by atoms with Crippen molar-refractivity contribution in [2.24, 2.45) is 0 Å². The highest BCUT2D eigenvalue weighted by atomic mass is 79.9. The van der Waals surface area contributed by atoms with Gasteiger partial charge in [0.25, 0.3) is 0 Å². The highest BCUT2D eigenvalue weighted by molar-refractivity contribution is 9.10. The van der Waals surface area contributed by atoms with Crippen molar-refractivity contribution in [1.82, 2.24) is 0 Å². The maximum absolute atomic E-state index is 10.9. The maximum Gasteiger partial charge on any atom is 0.331 e. The number of carboxylic acids is 1. The van der Waals surface area contributed by atoms with Crippen molar-refractivity contribution in [2.45, 2.75) is 13.3 Å². The first-order valence-electron chi connectivity index (χ1n) is 6.47. The Bertz CT molecular complexity index is 665. The van der Waals surface area contributed by atoms with E-state index in [0.29, 0.717) is 18.5 Å². The first-order chi connectivity index (χ1) is 9.63. The summed E-state index contributed by atoms with van der Waals surface area (Å²) in [4.78, 5) is 10.9. The van der Waals surface area contributed by atoms with E-state index in [1.54, 1.807) is 6.08 Å². The number of benzene rings is 2. The second-order valence-electron chi connectivity index (χ2n) is 4.41. The van der Waals surface area contributed by atoms with Gasteiger partial charge in [0, 0.05) is 27.7 Å². The van der Waals surface area contributed by atoms with E-state index in [0.717, 1.165) is 20.9 Å². The van der Waals surface area contributed by atoms with Gasteiger partial charge in [0.15, 0.2) is 0 Å². The van der Waals surface area contributed by atoms with Crippen molar-refractivity contribution in [3.05, 3.63) is 52.5 Å². The Hall–Kier alpha value is -1.81. The summed E-state index contributed by atoms with van der Waals surface area (Å²) in [6.07, 6.45) is 2.25. The van der Waals surface area contributed by atoms with Crippen LogP contribution in [0.4, 0.5) is 5.69 Å². The van der Waals surface area contributed by atoms with E-state index in [1.165, 1.54) is 0 Å². The Balaban J connectivity index is 2.23. The summed E-state index contributed by atoms with van der Waals surface area (Å²) in [7, 11) is 0. The lowest BCUT2D eigenvalue weighted by Gasteiger charge is -2.10. The second kappa shape index (κ2) is 6.57. The molecule has 0 radical (unpaired) electrons. The van der Waals surface area contributed by atoms with E-state index >= 15 is 0 Å². The molecule has 2 aromatic rings. The first-order valence-corrected chi connectivity index (χ1v) is 7.26. The topological polar surface area (TPSA) is 49.3 Å². The van der Waals surface area contributed by atoms with Crippen LogP contribution >= 0.6 is 15.9 Å². The number of fused-ring (bicyclic) bond motifs is 1. The van der Waals surface area contributed by atoms with Crippen molar-refractivity contribution >= 4 is 38.4 Å². The van der Waals surface area contributed by atoms with Crippen LogP contribution in [0.5, 0.6) is 0 Å². The van der Waals surface area contributed by atoms with Gasteiger partial charge in [-0.15, -0.1) is 0 Å². The molecular formula is C16H16BrNO2. The monoisotopic (exact) mass is 333 g/mol. The highest BCUT2D eigenvalue weighted by Crippen LogP contribution is 2.29. The van der Waals surface area contributed by atoms with Crippen LogP contribution in [0.25, 0.3) is 10.8 Å². The number of hydrogen-bond acceptors (Lipinski definition) is 2. The van der Waals surface area contributed by atoms with Crippen LogP contribution in [0.2, 0.25) is 0 Å². The number of nitrogens with one attached hydrogen (secondary N) is 1. The zero-order chi connectivity index (χ0) is 14.5. The lowest BCUT2D eigenvalue weighted by atomic mass is 10.1. The molecule has 0 aromatic heterocycles. The van der Waals surface area contributed by atoms with Gasteiger partial charge in [0.2, 0.25) is 0 Å². The van der Waals surface area contributed by atoms with Crippen LogP contribution in [0.15, 0.2) is 52.5 Å². The minimum absolute atomic E-state index is 0.430. The number of rotatable bonds is 5. The zero-order valence-electron chi connectivity index (χ0n) is 11.2. The van der Waals surface area contributed by atoms with Crippen LogP contribution in [-0.4, -0.2) is 17.6 Å². The first kappa shape index (κ1) is 14.6. The molecule has 2 N–H and O–H groups in total. The third-order valence-corrected chi connectivity index (χ3v) is 3.86. The lowest BCUT2D eigenvalue weighted by Crippen LogP contribution is -2.05. The fraction of sp³-hybridized carbons (Fsp3) is 0.188. The molecule has 0 aliphatic carbocycles. The summed E-state index contributed by atoms with van der Waals surface area (Å²) in [5.74, 6) is -0.852. The van der Waals surface area contributed by atoms with E-state index < -0.39 is 5.97 Å². The zero-order valence-corrected chi connectivity index (χ0v) is 12.8. The fourth-order valence-corrected chi connectivity index (χ4v) is 2.56. The van der Waals surface area contributed by atoms with Crippen molar-refractivity contribution in [3.8, 4) is 0 Å². The summed E-state index contributed by atoms with van der Waals surface area (Å²) in [6.45, 7) is 2.34. The van der Waals surface area contributed by atoms with Crippen LogP contribution in [0, 0.1) is 0 Å². The molecule has 2 aromatic carbocycles. The number of carboxylic acid groups (broad SMARTS) is 1. The van der Waals surface area contributed by atoms with Gasteiger partial charge in [-0.25, -0.2) is 4.79 Å². The average molecular weight is 334 g/mol. The molecule has 104 valence electrons. The Labute approximate surface area is 126 Å². The van der Waals surface area contributed by atoms with Gasteiger partial charge in [-0.2, -0.15) is 0 Å². The SMILES string of the molecule is CC/C(=C/CNc1ccc(Br)c2ccccc12)C(=O)O. The Morgan fingerprint density at radius 2 is 1.95 bits per heavy atom. The number of anilines is 1. The highest BCUT2D eigenvalue weighted by Gasteiger charge is 2.05. The van der Waals surface area contributed by atoms with Crippen LogP contribution in [0.3, 0.4) is 0 Å². The summed E-state index contributed by atoms with van der Waals surface area (Å²) in [6, 6.07) is 12.1. The molecule has 0 bridgehead atoms. The standard InChI is InChI=1S/C16H16BrNO2/c1-2-11(16(19)20)9-10-18-15-8-7-14(17)12-5-3-4-6-13(12)15/h3-9,18H,2,10H2,1H3,(H,19,20)/b11-9-. The third kappa shape index (κ3) is 3.20. The van der Waals surface area contributed by atoms with E-state index in [9.17, 15) is 4.79 Å². The van der Waals surface area contributed by atoms with Gasteiger partial charge in [0.05, 0.1) is 0 Å². The quantitative estimate of drug-likeness (QED) is 0.795. The molecule has 0 saturated heterocycles. The molecule has 0 aliphatic heterocycles. The summed E-state index contributed by atoms with van der Waals surface area (Å²) in [5.41, 5.74) is 1.43. The summed E-state index contributed by atoms with van der Waals surface area (Å²) >= 11 is 3.54. The Kier molecular flexibility index (Phi) is 4.79. The van der Waals surface area contributed by atoms with E-state index in [4.69, 9.17) is 5.11 Å². The summed E-state index contributed by atoms with van der Waals surface area (Å²) in [5, 5.41) is 14.5. The minimum atomic E-state index is -0.852. The number of aliphatic carboxylic acids is 1. The smallest absolute Gasteiger partial charge is 0.331 e. The van der Waals surface area contributed by atoms with Gasteiger partial charge in [-0.1, -0.05) is 53.2 Å². The molecule has 0 unspecified atom stereocenters. The van der Waals surface area contributed by atoms with Crippen LogP contribution in [-0.2, 0) is 4.79 Å². The Morgan fingerprint density at radius 3 is 2.60 bits per heavy atom. The normalized spacial score (nSPS) is 11.6.